The standard InChI is InChI=1S/C22H15BrCl3F7N2O2/c1-35(20(37)34-9-21(28,29)30)8-18(36)12-3-2-10(4-14(12)23)17(27)7-13(22(31,32)33)11-5-15(24)19(26)16(25)6-11/h2-7,13H,8-9H2,1H3,(H,34,37)/b17-7-. The van der Waals surface area contributed by atoms with E-state index in [1.54, 1.807) is 5.32 Å². The molecule has 1 atom stereocenters. The van der Waals surface area contributed by atoms with Gasteiger partial charge >= 0.3 is 18.4 Å². The second-order valence-corrected chi connectivity index (χ2v) is 9.63. The van der Waals surface area contributed by atoms with Crippen molar-refractivity contribution in [3.8, 4) is 0 Å². The first kappa shape index (κ1) is 31.2. The minimum Gasteiger partial charge on any atom is -0.329 e. The molecule has 2 amide bonds. The molecule has 2 aromatic rings. The van der Waals surface area contributed by atoms with Gasteiger partial charge in [-0.05, 0) is 35.9 Å². The van der Waals surface area contributed by atoms with E-state index in [0.717, 1.165) is 37.4 Å². The molecule has 0 aliphatic heterocycles. The Labute approximate surface area is 229 Å². The molecule has 0 fully saturated rings. The van der Waals surface area contributed by atoms with Gasteiger partial charge in [0, 0.05) is 22.6 Å². The predicted molar refractivity (Wildman–Crippen MR) is 130 cm³/mol. The number of hydrogen-bond donors (Lipinski definition) is 1. The fourth-order valence-corrected chi connectivity index (χ4v) is 4.16. The lowest BCUT2D eigenvalue weighted by Crippen LogP contribution is -2.43. The second-order valence-electron chi connectivity index (χ2n) is 7.58. The van der Waals surface area contributed by atoms with Crippen LogP contribution in [0.3, 0.4) is 0 Å². The Kier molecular flexibility index (Phi) is 10.3. The van der Waals surface area contributed by atoms with Crippen molar-refractivity contribution in [2.75, 3.05) is 20.1 Å². The lowest BCUT2D eigenvalue weighted by molar-refractivity contribution is -0.139. The van der Waals surface area contributed by atoms with Crippen molar-refractivity contribution in [2.45, 2.75) is 18.3 Å². The molecule has 2 aromatic carbocycles. The van der Waals surface area contributed by atoms with Crippen LogP contribution in [-0.2, 0) is 0 Å². The third-order valence-corrected chi connectivity index (χ3v) is 6.60. The van der Waals surface area contributed by atoms with Crippen molar-refractivity contribution in [3.63, 3.8) is 0 Å². The topological polar surface area (TPSA) is 49.4 Å². The monoisotopic (exact) mass is 656 g/mol. The number of carbonyl (C=O) groups is 2. The number of carbonyl (C=O) groups excluding carboxylic acids is 2. The third kappa shape index (κ3) is 8.76. The molecule has 0 radical (unpaired) electrons. The van der Waals surface area contributed by atoms with Gasteiger partial charge in [0.25, 0.3) is 0 Å². The maximum atomic E-state index is 14.9. The number of nitrogens with one attached hydrogen (secondary N) is 1. The second kappa shape index (κ2) is 12.2. The maximum Gasteiger partial charge on any atom is 0.405 e. The van der Waals surface area contributed by atoms with Crippen LogP contribution in [0.1, 0.15) is 27.4 Å². The zero-order valence-corrected chi connectivity index (χ0v) is 22.2. The molecule has 0 aromatic heterocycles. The van der Waals surface area contributed by atoms with Crippen molar-refractivity contribution < 1.29 is 40.3 Å². The van der Waals surface area contributed by atoms with Gasteiger partial charge in [0.15, 0.2) is 5.78 Å². The summed E-state index contributed by atoms with van der Waals surface area (Å²) >= 11 is 20.4. The summed E-state index contributed by atoms with van der Waals surface area (Å²) in [6, 6.07) is 3.83. The molecule has 0 saturated heterocycles. The Morgan fingerprint density at radius 1 is 1.05 bits per heavy atom. The van der Waals surface area contributed by atoms with Crippen molar-refractivity contribution in [2.24, 2.45) is 0 Å². The highest BCUT2D eigenvalue weighted by molar-refractivity contribution is 9.10. The number of urea groups is 1. The van der Waals surface area contributed by atoms with Gasteiger partial charge in [-0.2, -0.15) is 26.3 Å². The molecule has 0 bridgehead atoms. The van der Waals surface area contributed by atoms with Crippen molar-refractivity contribution in [1.29, 1.82) is 0 Å². The molecule has 2 rings (SSSR count). The normalized spacial score (nSPS) is 13.4. The Bertz CT molecular complexity index is 1200. The van der Waals surface area contributed by atoms with E-state index in [1.807, 2.05) is 0 Å². The highest BCUT2D eigenvalue weighted by Gasteiger charge is 2.40. The first-order valence-electron chi connectivity index (χ1n) is 9.88. The van der Waals surface area contributed by atoms with Gasteiger partial charge in [-0.25, -0.2) is 9.18 Å². The zero-order valence-electron chi connectivity index (χ0n) is 18.4. The van der Waals surface area contributed by atoms with Gasteiger partial charge in [-0.3, -0.25) is 4.79 Å². The number of Topliss-reactive ketones (excluding diaryl/α,β-unsaturated/α-hetero) is 1. The van der Waals surface area contributed by atoms with E-state index < -0.39 is 54.6 Å². The third-order valence-electron chi connectivity index (χ3n) is 4.74. The van der Waals surface area contributed by atoms with Gasteiger partial charge < -0.3 is 10.2 Å². The number of benzene rings is 2. The van der Waals surface area contributed by atoms with E-state index in [-0.39, 0.29) is 30.7 Å². The summed E-state index contributed by atoms with van der Waals surface area (Å²) < 4.78 is 92.7. The van der Waals surface area contributed by atoms with Crippen LogP contribution in [0.5, 0.6) is 0 Å². The van der Waals surface area contributed by atoms with E-state index in [9.17, 15) is 40.3 Å². The average molecular weight is 659 g/mol. The van der Waals surface area contributed by atoms with Gasteiger partial charge in [0.1, 0.15) is 18.3 Å². The summed E-state index contributed by atoms with van der Waals surface area (Å²) in [7, 11) is 1.08. The highest BCUT2D eigenvalue weighted by Crippen LogP contribution is 2.42. The summed E-state index contributed by atoms with van der Waals surface area (Å²) in [5.41, 5.74) is -0.865. The van der Waals surface area contributed by atoms with E-state index in [4.69, 9.17) is 34.8 Å². The van der Waals surface area contributed by atoms with Gasteiger partial charge in [-0.15, -0.1) is 0 Å². The zero-order chi connectivity index (χ0) is 28.3. The quantitative estimate of drug-likeness (QED) is 0.185. The summed E-state index contributed by atoms with van der Waals surface area (Å²) in [4.78, 5) is 24.9. The summed E-state index contributed by atoms with van der Waals surface area (Å²) in [5.74, 6) is -4.46. The molecular formula is C22H15BrCl3F7N2O2. The van der Waals surface area contributed by atoms with Crippen molar-refractivity contribution in [3.05, 3.63) is 72.6 Å². The Balaban J connectivity index is 2.27. The molecule has 0 aliphatic rings. The van der Waals surface area contributed by atoms with Crippen LogP contribution in [0.4, 0.5) is 35.5 Å². The molecule has 1 N–H and O–H groups in total. The number of halogens is 11. The molecule has 0 spiro atoms. The number of alkyl halides is 6. The molecular weight excluding hydrogens is 644 g/mol. The largest absolute Gasteiger partial charge is 0.405 e. The van der Waals surface area contributed by atoms with Crippen molar-refractivity contribution >= 4 is 68.4 Å². The number of allylic oxidation sites excluding steroid dienone is 1. The molecule has 0 heterocycles. The molecule has 0 saturated carbocycles. The van der Waals surface area contributed by atoms with Crippen LogP contribution in [-0.4, -0.2) is 49.2 Å². The number of amides is 2. The molecule has 0 aliphatic carbocycles. The minimum atomic E-state index is -4.93. The molecule has 4 nitrogen and oxygen atoms in total. The fourth-order valence-electron chi connectivity index (χ4n) is 2.95. The number of hydrogen-bond acceptors (Lipinski definition) is 2. The number of likely N-dealkylation sites (N-methyl/N-ethyl adjacent to an activating group) is 1. The molecule has 202 valence electrons. The lowest BCUT2D eigenvalue weighted by atomic mass is 9.96. The van der Waals surface area contributed by atoms with Crippen molar-refractivity contribution in [1.82, 2.24) is 10.2 Å². The lowest BCUT2D eigenvalue weighted by Gasteiger charge is -2.19. The van der Waals surface area contributed by atoms with E-state index >= 15 is 0 Å². The van der Waals surface area contributed by atoms with Gasteiger partial charge in [0.2, 0.25) is 0 Å². The SMILES string of the molecule is CN(CC(=O)c1ccc(/C(F)=C/C(c2cc(Cl)c(Cl)c(Cl)c2)C(F)(F)F)cc1Br)C(=O)NCC(F)(F)F. The first-order valence-corrected chi connectivity index (χ1v) is 11.8. The minimum absolute atomic E-state index is 0.0243. The van der Waals surface area contributed by atoms with E-state index in [0.29, 0.717) is 11.0 Å². The summed E-state index contributed by atoms with van der Waals surface area (Å²) in [5, 5.41) is 0.925. The molecule has 15 heteroatoms. The molecule has 37 heavy (non-hydrogen) atoms. The van der Waals surface area contributed by atoms with Crippen LogP contribution in [0.25, 0.3) is 5.83 Å². The molecule has 1 unspecified atom stereocenters. The first-order chi connectivity index (χ1) is 16.9. The van der Waals surface area contributed by atoms with Crippen LogP contribution in [0.2, 0.25) is 15.1 Å². The Morgan fingerprint density at radius 3 is 2.11 bits per heavy atom. The maximum absolute atomic E-state index is 14.9. The van der Waals surface area contributed by atoms with E-state index in [2.05, 4.69) is 15.9 Å². The number of ketones is 1. The smallest absolute Gasteiger partial charge is 0.329 e. The summed E-state index contributed by atoms with van der Waals surface area (Å²) in [6.45, 7) is -2.23. The predicted octanol–water partition coefficient (Wildman–Crippen LogP) is 8.45. The number of nitrogens with zero attached hydrogens (tertiary/aromatic N) is 1. The average Bonchev–Trinajstić information content (AvgIpc) is 2.77. The van der Waals surface area contributed by atoms with Gasteiger partial charge in [0.05, 0.1) is 21.6 Å². The highest BCUT2D eigenvalue weighted by atomic mass is 79.9. The van der Waals surface area contributed by atoms with Crippen LogP contribution < -0.4 is 5.32 Å². The fraction of sp³-hybridized carbons (Fsp3) is 0.273. The Hall–Kier alpha value is -2.02. The summed E-state index contributed by atoms with van der Waals surface area (Å²) in [6.07, 6.45) is -9.27. The van der Waals surface area contributed by atoms with Crippen LogP contribution >= 0.6 is 50.7 Å². The Morgan fingerprint density at radius 2 is 1.62 bits per heavy atom. The van der Waals surface area contributed by atoms with Crippen LogP contribution in [0.15, 0.2) is 40.9 Å². The number of rotatable bonds is 7. The van der Waals surface area contributed by atoms with E-state index in [1.165, 1.54) is 0 Å². The van der Waals surface area contributed by atoms with Gasteiger partial charge in [-0.1, -0.05) is 56.8 Å². The van der Waals surface area contributed by atoms with Crippen LogP contribution in [0, 0.1) is 0 Å².